The summed E-state index contributed by atoms with van der Waals surface area (Å²) in [5.74, 6) is 0. The van der Waals surface area contributed by atoms with Gasteiger partial charge in [0, 0.05) is 8.15 Å². The number of rotatable bonds is 2. The second-order valence-corrected chi connectivity index (χ2v) is 5.01. The van der Waals surface area contributed by atoms with E-state index in [0.29, 0.717) is 6.10 Å². The first-order chi connectivity index (χ1) is 4.79. The minimum atomic E-state index is -0.123. The standard InChI is InChI=1S/C8H17OP/c1-10(2)9-8-6-4-3-5-7-8/h8H,3-7H2,1-2H3. The summed E-state index contributed by atoms with van der Waals surface area (Å²) in [7, 11) is -0.123. The molecule has 0 aromatic heterocycles. The SMILES string of the molecule is CP(C)OC1CCCCC1. The van der Waals surface area contributed by atoms with Crippen LogP contribution < -0.4 is 0 Å². The van der Waals surface area contributed by atoms with Crippen molar-refractivity contribution in [2.75, 3.05) is 13.3 Å². The van der Waals surface area contributed by atoms with E-state index in [9.17, 15) is 0 Å². The third-order valence-corrected chi connectivity index (χ3v) is 2.63. The minimum absolute atomic E-state index is 0.123. The summed E-state index contributed by atoms with van der Waals surface area (Å²) in [4.78, 5) is 0. The van der Waals surface area contributed by atoms with Crippen LogP contribution in [0, 0.1) is 0 Å². The minimum Gasteiger partial charge on any atom is -0.357 e. The first-order valence-corrected chi connectivity index (χ1v) is 6.28. The fraction of sp³-hybridized carbons (Fsp3) is 1.00. The summed E-state index contributed by atoms with van der Waals surface area (Å²) in [5, 5.41) is 0. The van der Waals surface area contributed by atoms with Crippen molar-refractivity contribution in [3.8, 4) is 0 Å². The van der Waals surface area contributed by atoms with Gasteiger partial charge in [-0.25, -0.2) is 0 Å². The van der Waals surface area contributed by atoms with Crippen LogP contribution in [-0.2, 0) is 4.52 Å². The molecule has 1 fully saturated rings. The van der Waals surface area contributed by atoms with Gasteiger partial charge in [0.25, 0.3) is 0 Å². The van der Waals surface area contributed by atoms with E-state index < -0.39 is 0 Å². The Balaban J connectivity index is 2.13. The lowest BCUT2D eigenvalue weighted by Crippen LogP contribution is -2.13. The molecule has 60 valence electrons. The van der Waals surface area contributed by atoms with Gasteiger partial charge in [0.05, 0.1) is 6.10 Å². The molecular weight excluding hydrogens is 143 g/mol. The zero-order chi connectivity index (χ0) is 7.40. The molecule has 0 atom stereocenters. The number of hydrogen-bond acceptors (Lipinski definition) is 1. The smallest absolute Gasteiger partial charge is 0.0617 e. The molecule has 1 saturated carbocycles. The maximum absolute atomic E-state index is 5.76. The van der Waals surface area contributed by atoms with E-state index in [1.807, 2.05) is 0 Å². The molecule has 0 aliphatic heterocycles. The number of hydrogen-bond donors (Lipinski definition) is 0. The summed E-state index contributed by atoms with van der Waals surface area (Å²) in [6.45, 7) is 4.37. The van der Waals surface area contributed by atoms with Crippen LogP contribution in [0.2, 0.25) is 0 Å². The molecule has 1 aliphatic rings. The van der Waals surface area contributed by atoms with Gasteiger partial charge in [-0.1, -0.05) is 19.3 Å². The van der Waals surface area contributed by atoms with Gasteiger partial charge >= 0.3 is 0 Å². The van der Waals surface area contributed by atoms with Crippen molar-refractivity contribution >= 4 is 8.15 Å². The largest absolute Gasteiger partial charge is 0.357 e. The van der Waals surface area contributed by atoms with Crippen molar-refractivity contribution in [3.05, 3.63) is 0 Å². The van der Waals surface area contributed by atoms with Gasteiger partial charge in [-0.15, -0.1) is 0 Å². The van der Waals surface area contributed by atoms with Gasteiger partial charge in [0.15, 0.2) is 0 Å². The molecule has 2 heteroatoms. The highest BCUT2D eigenvalue weighted by molar-refractivity contribution is 7.50. The van der Waals surface area contributed by atoms with Crippen molar-refractivity contribution < 1.29 is 4.52 Å². The van der Waals surface area contributed by atoms with E-state index in [4.69, 9.17) is 4.52 Å². The molecule has 0 saturated heterocycles. The molecule has 0 aromatic rings. The summed E-state index contributed by atoms with van der Waals surface area (Å²) < 4.78 is 5.76. The third-order valence-electron chi connectivity index (χ3n) is 1.91. The van der Waals surface area contributed by atoms with Gasteiger partial charge in [-0.3, -0.25) is 0 Å². The Morgan fingerprint density at radius 1 is 1.10 bits per heavy atom. The molecule has 0 radical (unpaired) electrons. The second kappa shape index (κ2) is 4.31. The molecule has 1 rings (SSSR count). The maximum Gasteiger partial charge on any atom is 0.0617 e. The summed E-state index contributed by atoms with van der Waals surface area (Å²) in [6, 6.07) is 0. The molecule has 0 aromatic carbocycles. The third kappa shape index (κ3) is 2.98. The van der Waals surface area contributed by atoms with Crippen molar-refractivity contribution in [3.63, 3.8) is 0 Å². The van der Waals surface area contributed by atoms with E-state index in [0.717, 1.165) is 0 Å². The molecule has 0 amide bonds. The monoisotopic (exact) mass is 160 g/mol. The molecule has 10 heavy (non-hydrogen) atoms. The van der Waals surface area contributed by atoms with Crippen molar-refractivity contribution in [2.45, 2.75) is 38.2 Å². The quantitative estimate of drug-likeness (QED) is 0.564. The van der Waals surface area contributed by atoms with Crippen LogP contribution in [0.1, 0.15) is 32.1 Å². The highest BCUT2D eigenvalue weighted by atomic mass is 31.1. The van der Waals surface area contributed by atoms with Gasteiger partial charge < -0.3 is 4.52 Å². The Kier molecular flexibility index (Phi) is 3.65. The van der Waals surface area contributed by atoms with Crippen molar-refractivity contribution in [2.24, 2.45) is 0 Å². The van der Waals surface area contributed by atoms with Crippen LogP contribution in [0.3, 0.4) is 0 Å². The first-order valence-electron chi connectivity index (χ1n) is 4.13. The molecule has 0 bridgehead atoms. The lowest BCUT2D eigenvalue weighted by molar-refractivity contribution is 0.175. The van der Waals surface area contributed by atoms with Crippen LogP contribution in [-0.4, -0.2) is 19.4 Å². The average Bonchev–Trinajstić information content (AvgIpc) is 1.88. The van der Waals surface area contributed by atoms with E-state index in [-0.39, 0.29) is 8.15 Å². The fourth-order valence-electron chi connectivity index (χ4n) is 1.47. The zero-order valence-corrected chi connectivity index (χ0v) is 7.86. The predicted molar refractivity (Wildman–Crippen MR) is 46.7 cm³/mol. The molecule has 1 nitrogen and oxygen atoms in total. The highest BCUT2D eigenvalue weighted by Crippen LogP contribution is 2.33. The Labute approximate surface area is 65.0 Å². The highest BCUT2D eigenvalue weighted by Gasteiger charge is 2.14. The van der Waals surface area contributed by atoms with Crippen LogP contribution in [0.5, 0.6) is 0 Å². The Hall–Kier alpha value is 0.390. The van der Waals surface area contributed by atoms with Gasteiger partial charge in [-0.05, 0) is 26.2 Å². The first kappa shape index (κ1) is 8.49. The van der Waals surface area contributed by atoms with Gasteiger partial charge in [0.1, 0.15) is 0 Å². The van der Waals surface area contributed by atoms with E-state index in [1.165, 1.54) is 32.1 Å². The molecule has 1 aliphatic carbocycles. The Bertz CT molecular complexity index is 87.3. The molecular formula is C8H17OP. The molecule has 0 spiro atoms. The van der Waals surface area contributed by atoms with Crippen molar-refractivity contribution in [1.29, 1.82) is 0 Å². The lowest BCUT2D eigenvalue weighted by atomic mass is 9.98. The normalized spacial score (nSPS) is 21.9. The van der Waals surface area contributed by atoms with Gasteiger partial charge in [0.2, 0.25) is 0 Å². The Morgan fingerprint density at radius 2 is 1.70 bits per heavy atom. The predicted octanol–water partition coefficient (Wildman–Crippen LogP) is 2.99. The van der Waals surface area contributed by atoms with E-state index >= 15 is 0 Å². The Morgan fingerprint density at radius 3 is 2.20 bits per heavy atom. The summed E-state index contributed by atoms with van der Waals surface area (Å²) in [5.41, 5.74) is 0. The van der Waals surface area contributed by atoms with Crippen LogP contribution >= 0.6 is 8.15 Å². The lowest BCUT2D eigenvalue weighted by Gasteiger charge is -2.23. The summed E-state index contributed by atoms with van der Waals surface area (Å²) >= 11 is 0. The summed E-state index contributed by atoms with van der Waals surface area (Å²) in [6.07, 6.45) is 7.41. The second-order valence-electron chi connectivity index (χ2n) is 3.18. The van der Waals surface area contributed by atoms with E-state index in [1.54, 1.807) is 0 Å². The van der Waals surface area contributed by atoms with Gasteiger partial charge in [-0.2, -0.15) is 0 Å². The molecule has 0 unspecified atom stereocenters. The molecule has 0 N–H and O–H groups in total. The van der Waals surface area contributed by atoms with Crippen molar-refractivity contribution in [1.82, 2.24) is 0 Å². The molecule has 0 heterocycles. The zero-order valence-electron chi connectivity index (χ0n) is 6.97. The van der Waals surface area contributed by atoms with Crippen LogP contribution in [0.15, 0.2) is 0 Å². The maximum atomic E-state index is 5.76. The van der Waals surface area contributed by atoms with Crippen LogP contribution in [0.4, 0.5) is 0 Å². The van der Waals surface area contributed by atoms with E-state index in [2.05, 4.69) is 13.3 Å². The van der Waals surface area contributed by atoms with Crippen LogP contribution in [0.25, 0.3) is 0 Å². The average molecular weight is 160 g/mol. The fourth-order valence-corrected chi connectivity index (χ4v) is 2.28. The topological polar surface area (TPSA) is 9.23 Å².